The second kappa shape index (κ2) is 5.71. The highest BCUT2D eigenvalue weighted by molar-refractivity contribution is 4.85. The summed E-state index contributed by atoms with van der Waals surface area (Å²) in [6, 6.07) is 0.926. The van der Waals surface area contributed by atoms with Gasteiger partial charge >= 0.3 is 0 Å². The van der Waals surface area contributed by atoms with Gasteiger partial charge in [0.15, 0.2) is 0 Å². The minimum atomic E-state index is 0.463. The Kier molecular flexibility index (Phi) is 4.48. The van der Waals surface area contributed by atoms with Gasteiger partial charge in [-0.05, 0) is 68.6 Å². The minimum Gasteiger partial charge on any atom is -0.327 e. The van der Waals surface area contributed by atoms with Gasteiger partial charge in [0.1, 0.15) is 0 Å². The minimum absolute atomic E-state index is 0.463. The molecule has 0 aromatic rings. The first-order valence-corrected chi connectivity index (χ1v) is 7.57. The van der Waals surface area contributed by atoms with Gasteiger partial charge in [-0.3, -0.25) is 0 Å². The molecule has 6 atom stereocenters. The fraction of sp³-hybridized carbons (Fsp3) is 1.00. The molecule has 5 unspecified atom stereocenters. The van der Waals surface area contributed by atoms with Gasteiger partial charge in [0.2, 0.25) is 0 Å². The van der Waals surface area contributed by atoms with Crippen LogP contribution >= 0.6 is 0 Å². The summed E-state index contributed by atoms with van der Waals surface area (Å²) in [6.45, 7) is 4.66. The molecule has 2 saturated carbocycles. The van der Waals surface area contributed by atoms with E-state index in [-0.39, 0.29) is 0 Å². The van der Waals surface area contributed by atoms with Crippen molar-refractivity contribution < 1.29 is 0 Å². The van der Waals surface area contributed by atoms with Crippen molar-refractivity contribution in [2.45, 2.75) is 70.9 Å². The SMILES string of the molecule is CC1CC(C[C@@H]2CCC(N)C(C)C2)CCC1N. The summed E-state index contributed by atoms with van der Waals surface area (Å²) < 4.78 is 0. The lowest BCUT2D eigenvalue weighted by Crippen LogP contribution is -2.37. The first-order chi connectivity index (χ1) is 8.06. The van der Waals surface area contributed by atoms with Crippen LogP contribution in [0.1, 0.15) is 58.8 Å². The molecule has 2 aliphatic carbocycles. The van der Waals surface area contributed by atoms with Crippen LogP contribution in [-0.4, -0.2) is 12.1 Å². The molecule has 0 saturated heterocycles. The number of hydrogen-bond acceptors (Lipinski definition) is 2. The van der Waals surface area contributed by atoms with Crippen molar-refractivity contribution in [2.24, 2.45) is 35.1 Å². The highest BCUT2D eigenvalue weighted by Gasteiger charge is 2.30. The summed E-state index contributed by atoms with van der Waals surface area (Å²) in [7, 11) is 0. The lowest BCUT2D eigenvalue weighted by Gasteiger charge is -2.37. The summed E-state index contributed by atoms with van der Waals surface area (Å²) in [6.07, 6.45) is 9.37. The molecule has 0 spiro atoms. The fourth-order valence-electron chi connectivity index (χ4n) is 3.96. The summed E-state index contributed by atoms with van der Waals surface area (Å²) in [5.74, 6) is 3.35. The molecule has 2 rings (SSSR count). The van der Waals surface area contributed by atoms with Crippen molar-refractivity contribution in [1.82, 2.24) is 0 Å². The van der Waals surface area contributed by atoms with Crippen LogP contribution in [0.5, 0.6) is 0 Å². The van der Waals surface area contributed by atoms with Gasteiger partial charge in [0.05, 0.1) is 0 Å². The van der Waals surface area contributed by atoms with Crippen LogP contribution in [0.25, 0.3) is 0 Å². The Hall–Kier alpha value is -0.0800. The Balaban J connectivity index is 1.78. The monoisotopic (exact) mass is 238 g/mol. The van der Waals surface area contributed by atoms with Crippen molar-refractivity contribution in [3.63, 3.8) is 0 Å². The zero-order valence-corrected chi connectivity index (χ0v) is 11.6. The van der Waals surface area contributed by atoms with Gasteiger partial charge in [-0.2, -0.15) is 0 Å². The van der Waals surface area contributed by atoms with E-state index in [4.69, 9.17) is 11.5 Å². The average molecular weight is 238 g/mol. The number of nitrogens with two attached hydrogens (primary N) is 2. The standard InChI is InChI=1S/C15H30N2/c1-10-7-12(3-5-14(10)16)9-13-4-6-15(17)11(2)8-13/h10-15H,3-9,16-17H2,1-2H3/t10?,11?,12-,13?,14?,15?/m1/s1. The lowest BCUT2D eigenvalue weighted by atomic mass is 9.71. The molecule has 0 heterocycles. The Labute approximate surface area is 107 Å². The first-order valence-electron chi connectivity index (χ1n) is 7.57. The molecular weight excluding hydrogens is 208 g/mol. The van der Waals surface area contributed by atoms with Crippen molar-refractivity contribution >= 4 is 0 Å². The Morgan fingerprint density at radius 1 is 0.765 bits per heavy atom. The smallest absolute Gasteiger partial charge is 0.00647 e. The van der Waals surface area contributed by atoms with Gasteiger partial charge < -0.3 is 11.5 Å². The van der Waals surface area contributed by atoms with E-state index in [2.05, 4.69) is 13.8 Å². The zero-order chi connectivity index (χ0) is 12.4. The van der Waals surface area contributed by atoms with Gasteiger partial charge in [0.25, 0.3) is 0 Å². The molecule has 2 nitrogen and oxygen atoms in total. The second-order valence-corrected chi connectivity index (χ2v) is 6.88. The molecular formula is C15H30N2. The summed E-state index contributed by atoms with van der Waals surface area (Å²) in [4.78, 5) is 0. The zero-order valence-electron chi connectivity index (χ0n) is 11.6. The van der Waals surface area contributed by atoms with E-state index in [1.54, 1.807) is 0 Å². The molecule has 2 aliphatic rings. The van der Waals surface area contributed by atoms with Gasteiger partial charge in [0, 0.05) is 12.1 Å². The second-order valence-electron chi connectivity index (χ2n) is 6.88. The Morgan fingerprint density at radius 2 is 1.18 bits per heavy atom. The molecule has 0 radical (unpaired) electrons. The first kappa shape index (κ1) is 13.4. The van der Waals surface area contributed by atoms with Crippen LogP contribution in [0, 0.1) is 23.7 Å². The van der Waals surface area contributed by atoms with Gasteiger partial charge in [-0.25, -0.2) is 0 Å². The van der Waals surface area contributed by atoms with Crippen molar-refractivity contribution in [1.29, 1.82) is 0 Å². The quantitative estimate of drug-likeness (QED) is 0.777. The summed E-state index contributed by atoms with van der Waals surface area (Å²) in [5.41, 5.74) is 12.2. The highest BCUT2D eigenvalue weighted by Crippen LogP contribution is 2.38. The van der Waals surface area contributed by atoms with Gasteiger partial charge in [-0.15, -0.1) is 0 Å². The van der Waals surface area contributed by atoms with Crippen LogP contribution < -0.4 is 11.5 Å². The fourth-order valence-corrected chi connectivity index (χ4v) is 3.96. The predicted molar refractivity (Wildman–Crippen MR) is 73.6 cm³/mol. The number of rotatable bonds is 2. The molecule has 2 fully saturated rings. The number of hydrogen-bond donors (Lipinski definition) is 2. The van der Waals surface area contributed by atoms with E-state index in [0.29, 0.717) is 12.1 Å². The topological polar surface area (TPSA) is 52.0 Å². The van der Waals surface area contributed by atoms with E-state index in [0.717, 1.165) is 23.7 Å². The van der Waals surface area contributed by atoms with Crippen molar-refractivity contribution in [3.05, 3.63) is 0 Å². The van der Waals surface area contributed by atoms with Gasteiger partial charge in [-0.1, -0.05) is 13.8 Å². The molecule has 0 aliphatic heterocycles. The predicted octanol–water partition coefficient (Wildman–Crippen LogP) is 2.90. The van der Waals surface area contributed by atoms with Crippen LogP contribution in [-0.2, 0) is 0 Å². The van der Waals surface area contributed by atoms with E-state index < -0.39 is 0 Å². The van der Waals surface area contributed by atoms with Crippen LogP contribution in [0.15, 0.2) is 0 Å². The van der Waals surface area contributed by atoms with Crippen LogP contribution in [0.4, 0.5) is 0 Å². The van der Waals surface area contributed by atoms with E-state index in [1.165, 1.54) is 44.9 Å². The highest BCUT2D eigenvalue weighted by atomic mass is 14.7. The molecule has 100 valence electrons. The molecule has 4 N–H and O–H groups in total. The summed E-state index contributed by atoms with van der Waals surface area (Å²) >= 11 is 0. The van der Waals surface area contributed by atoms with Crippen LogP contribution in [0.2, 0.25) is 0 Å². The normalized spacial score (nSPS) is 48.0. The molecule has 0 aromatic heterocycles. The molecule has 2 heteroatoms. The largest absolute Gasteiger partial charge is 0.327 e. The van der Waals surface area contributed by atoms with E-state index in [9.17, 15) is 0 Å². The molecule has 0 aromatic carbocycles. The summed E-state index contributed by atoms with van der Waals surface area (Å²) in [5, 5.41) is 0. The molecule has 0 bridgehead atoms. The Morgan fingerprint density at radius 3 is 1.53 bits per heavy atom. The van der Waals surface area contributed by atoms with Crippen LogP contribution in [0.3, 0.4) is 0 Å². The third kappa shape index (κ3) is 3.45. The lowest BCUT2D eigenvalue weighted by molar-refractivity contribution is 0.169. The maximum absolute atomic E-state index is 6.10. The van der Waals surface area contributed by atoms with E-state index >= 15 is 0 Å². The Bertz CT molecular complexity index is 217. The maximum Gasteiger partial charge on any atom is 0.00647 e. The molecule has 17 heavy (non-hydrogen) atoms. The third-order valence-corrected chi connectivity index (χ3v) is 5.36. The van der Waals surface area contributed by atoms with E-state index in [1.807, 2.05) is 0 Å². The molecule has 0 amide bonds. The third-order valence-electron chi connectivity index (χ3n) is 5.36. The average Bonchev–Trinajstić information content (AvgIpc) is 2.29. The van der Waals surface area contributed by atoms with Crippen molar-refractivity contribution in [3.8, 4) is 0 Å². The maximum atomic E-state index is 6.10. The van der Waals surface area contributed by atoms with Crippen molar-refractivity contribution in [2.75, 3.05) is 0 Å².